The summed E-state index contributed by atoms with van der Waals surface area (Å²) in [5.41, 5.74) is 2.95. The number of ketones is 1. The first-order valence-corrected chi connectivity index (χ1v) is 12.1. The second-order valence-electron chi connectivity index (χ2n) is 7.79. The fourth-order valence-corrected chi connectivity index (χ4v) is 4.38. The second-order valence-corrected chi connectivity index (χ2v) is 8.73. The van der Waals surface area contributed by atoms with E-state index in [1.807, 2.05) is 65.2 Å². The first-order chi connectivity index (χ1) is 17.7. The van der Waals surface area contributed by atoms with E-state index in [0.29, 0.717) is 34.5 Å². The molecule has 0 atom stereocenters. The number of aromatic nitrogens is 3. The zero-order valence-corrected chi connectivity index (χ0v) is 19.9. The van der Waals surface area contributed by atoms with Crippen LogP contribution in [0.2, 0.25) is 0 Å². The third kappa shape index (κ3) is 5.22. The fraction of sp³-hybridized carbons (Fsp3) is 0.0714. The number of hydrogen-bond acceptors (Lipinski definition) is 7. The van der Waals surface area contributed by atoms with Crippen LogP contribution in [0.5, 0.6) is 5.75 Å². The van der Waals surface area contributed by atoms with E-state index in [1.165, 1.54) is 11.8 Å². The molecule has 0 aliphatic heterocycles. The summed E-state index contributed by atoms with van der Waals surface area (Å²) in [6.07, 6.45) is 1.58. The lowest BCUT2D eigenvalue weighted by molar-refractivity contribution is 0.102. The predicted molar refractivity (Wildman–Crippen MR) is 136 cm³/mol. The average Bonchev–Trinajstić information content (AvgIpc) is 3.62. The number of ether oxygens (including phenoxy) is 1. The molecule has 7 nitrogen and oxygen atoms in total. The van der Waals surface area contributed by atoms with Crippen molar-refractivity contribution in [1.29, 1.82) is 5.26 Å². The van der Waals surface area contributed by atoms with Gasteiger partial charge in [0.2, 0.25) is 5.82 Å². The highest BCUT2D eigenvalue weighted by molar-refractivity contribution is 7.99. The Bertz CT molecular complexity index is 1490. The van der Waals surface area contributed by atoms with E-state index in [1.54, 1.807) is 36.6 Å². The Balaban J connectivity index is 1.36. The lowest BCUT2D eigenvalue weighted by Crippen LogP contribution is -2.05. The molecule has 36 heavy (non-hydrogen) atoms. The van der Waals surface area contributed by atoms with E-state index < -0.39 is 0 Å². The number of carbonyl (C=O) groups is 1. The first kappa shape index (κ1) is 23.1. The standard InChI is InChI=1S/C28H20N4O3S/c29-17-20-8-10-22(11-9-20)25(33)19-36-28-31-30-27(26-7-4-16-34-26)32(28)23-12-14-24(15-13-23)35-18-21-5-2-1-3-6-21/h1-16H,18-19H2. The van der Waals surface area contributed by atoms with Gasteiger partial charge in [0.15, 0.2) is 16.7 Å². The van der Waals surface area contributed by atoms with E-state index in [-0.39, 0.29) is 11.5 Å². The number of nitriles is 1. The van der Waals surface area contributed by atoms with Crippen molar-refractivity contribution in [1.82, 2.24) is 14.8 Å². The van der Waals surface area contributed by atoms with Crippen molar-refractivity contribution in [3.63, 3.8) is 0 Å². The predicted octanol–water partition coefficient (Wildman–Crippen LogP) is 5.95. The number of nitrogens with zero attached hydrogens (tertiary/aromatic N) is 4. The van der Waals surface area contributed by atoms with Crippen molar-refractivity contribution in [2.45, 2.75) is 11.8 Å². The number of carbonyl (C=O) groups excluding carboxylic acids is 1. The van der Waals surface area contributed by atoms with E-state index in [0.717, 1.165) is 17.0 Å². The molecular formula is C28H20N4O3S. The zero-order valence-electron chi connectivity index (χ0n) is 19.1. The number of Topliss-reactive ketones (excluding diaryl/α,β-unsaturated/α-hetero) is 1. The Kier molecular flexibility index (Phi) is 6.92. The van der Waals surface area contributed by atoms with Gasteiger partial charge in [-0.2, -0.15) is 5.26 Å². The minimum atomic E-state index is -0.0664. The van der Waals surface area contributed by atoms with Crippen LogP contribution in [-0.4, -0.2) is 26.3 Å². The van der Waals surface area contributed by atoms with Crippen LogP contribution in [0.3, 0.4) is 0 Å². The van der Waals surface area contributed by atoms with Crippen LogP contribution in [0.15, 0.2) is 107 Å². The molecule has 0 unspecified atom stereocenters. The molecule has 176 valence electrons. The van der Waals surface area contributed by atoms with Crippen LogP contribution in [0.4, 0.5) is 0 Å². The van der Waals surface area contributed by atoms with Crippen molar-refractivity contribution in [2.75, 3.05) is 5.75 Å². The number of thioether (sulfide) groups is 1. The van der Waals surface area contributed by atoms with Crippen LogP contribution >= 0.6 is 11.8 Å². The molecule has 0 aliphatic carbocycles. The molecule has 0 radical (unpaired) electrons. The minimum absolute atomic E-state index is 0.0664. The summed E-state index contributed by atoms with van der Waals surface area (Å²) in [6, 6.07) is 29.8. The maximum atomic E-state index is 12.7. The lowest BCUT2D eigenvalue weighted by Gasteiger charge is -2.11. The quantitative estimate of drug-likeness (QED) is 0.185. The normalized spacial score (nSPS) is 10.6. The van der Waals surface area contributed by atoms with E-state index in [4.69, 9.17) is 14.4 Å². The number of furan rings is 1. The topological polar surface area (TPSA) is 93.9 Å². The first-order valence-electron chi connectivity index (χ1n) is 11.1. The Morgan fingerprint density at radius 1 is 0.944 bits per heavy atom. The molecular weight excluding hydrogens is 472 g/mol. The van der Waals surface area contributed by atoms with Gasteiger partial charge < -0.3 is 9.15 Å². The maximum absolute atomic E-state index is 12.7. The summed E-state index contributed by atoms with van der Waals surface area (Å²) in [5.74, 6) is 1.94. The van der Waals surface area contributed by atoms with Gasteiger partial charge in [-0.3, -0.25) is 9.36 Å². The van der Waals surface area contributed by atoms with E-state index in [9.17, 15) is 4.79 Å². The summed E-state index contributed by atoms with van der Waals surface area (Å²) in [6.45, 7) is 0.475. The van der Waals surface area contributed by atoms with Gasteiger partial charge in [-0.15, -0.1) is 10.2 Å². The molecule has 0 N–H and O–H groups in total. The maximum Gasteiger partial charge on any atom is 0.205 e. The molecule has 5 aromatic rings. The summed E-state index contributed by atoms with van der Waals surface area (Å²) in [5, 5.41) is 18.2. The van der Waals surface area contributed by atoms with Crippen molar-refractivity contribution in [2.24, 2.45) is 0 Å². The minimum Gasteiger partial charge on any atom is -0.489 e. The molecule has 0 bridgehead atoms. The van der Waals surface area contributed by atoms with Gasteiger partial charge in [0.1, 0.15) is 12.4 Å². The van der Waals surface area contributed by atoms with Crippen LogP contribution in [-0.2, 0) is 6.61 Å². The average molecular weight is 493 g/mol. The van der Waals surface area contributed by atoms with Gasteiger partial charge >= 0.3 is 0 Å². The summed E-state index contributed by atoms with van der Waals surface area (Å²) in [4.78, 5) is 12.7. The van der Waals surface area contributed by atoms with Gasteiger partial charge in [0, 0.05) is 5.56 Å². The Morgan fingerprint density at radius 2 is 1.72 bits per heavy atom. The Morgan fingerprint density at radius 3 is 2.42 bits per heavy atom. The van der Waals surface area contributed by atoms with Crippen LogP contribution in [0, 0.1) is 11.3 Å². The fourth-order valence-electron chi connectivity index (χ4n) is 3.54. The molecule has 2 heterocycles. The van der Waals surface area contributed by atoms with Crippen molar-refractivity contribution in [3.05, 3.63) is 114 Å². The molecule has 0 saturated carbocycles. The summed E-state index contributed by atoms with van der Waals surface area (Å²) >= 11 is 1.29. The van der Waals surface area contributed by atoms with Crippen LogP contribution in [0.1, 0.15) is 21.5 Å². The number of benzene rings is 3. The molecule has 8 heteroatoms. The summed E-state index contributed by atoms with van der Waals surface area (Å²) in [7, 11) is 0. The third-order valence-corrected chi connectivity index (χ3v) is 6.32. The molecule has 0 aliphatic rings. The zero-order chi connectivity index (χ0) is 24.7. The summed E-state index contributed by atoms with van der Waals surface area (Å²) < 4.78 is 13.3. The van der Waals surface area contributed by atoms with Crippen LogP contribution < -0.4 is 4.74 Å². The van der Waals surface area contributed by atoms with Gasteiger partial charge in [-0.1, -0.05) is 54.2 Å². The smallest absolute Gasteiger partial charge is 0.205 e. The highest BCUT2D eigenvalue weighted by Crippen LogP contribution is 2.29. The number of hydrogen-bond donors (Lipinski definition) is 0. The molecule has 2 aromatic heterocycles. The van der Waals surface area contributed by atoms with E-state index in [2.05, 4.69) is 16.3 Å². The highest BCUT2D eigenvalue weighted by Gasteiger charge is 2.19. The van der Waals surface area contributed by atoms with Gasteiger partial charge in [0.25, 0.3) is 0 Å². The van der Waals surface area contributed by atoms with Gasteiger partial charge in [0.05, 0.1) is 29.3 Å². The number of rotatable bonds is 9. The van der Waals surface area contributed by atoms with Crippen molar-refractivity contribution >= 4 is 17.5 Å². The van der Waals surface area contributed by atoms with Crippen LogP contribution in [0.25, 0.3) is 17.3 Å². The SMILES string of the molecule is N#Cc1ccc(C(=O)CSc2nnc(-c3ccco3)n2-c2ccc(OCc3ccccc3)cc2)cc1. The Labute approximate surface area is 212 Å². The molecule has 0 spiro atoms. The van der Waals surface area contributed by atoms with Crippen molar-refractivity contribution < 1.29 is 13.9 Å². The molecule has 0 saturated heterocycles. The second kappa shape index (κ2) is 10.8. The largest absolute Gasteiger partial charge is 0.489 e. The monoisotopic (exact) mass is 492 g/mol. The highest BCUT2D eigenvalue weighted by atomic mass is 32.2. The van der Waals surface area contributed by atoms with Crippen molar-refractivity contribution in [3.8, 4) is 29.1 Å². The lowest BCUT2D eigenvalue weighted by atomic mass is 10.1. The Hall–Kier alpha value is -4.61. The molecule has 5 rings (SSSR count). The molecule has 0 fully saturated rings. The molecule has 3 aromatic carbocycles. The van der Waals surface area contributed by atoms with Gasteiger partial charge in [-0.25, -0.2) is 0 Å². The third-order valence-electron chi connectivity index (χ3n) is 5.39. The van der Waals surface area contributed by atoms with E-state index >= 15 is 0 Å². The van der Waals surface area contributed by atoms with Gasteiger partial charge in [-0.05, 0) is 54.1 Å². The molecule has 0 amide bonds.